The van der Waals surface area contributed by atoms with Crippen molar-refractivity contribution in [2.75, 3.05) is 38.5 Å². The quantitative estimate of drug-likeness (QED) is 0.364. The summed E-state index contributed by atoms with van der Waals surface area (Å²) in [5.41, 5.74) is 1.32. The van der Waals surface area contributed by atoms with E-state index in [0.717, 1.165) is 19.2 Å². The molecule has 9 nitrogen and oxygen atoms in total. The summed E-state index contributed by atoms with van der Waals surface area (Å²) < 4.78 is 47.8. The molecule has 2 aromatic carbocycles. The molecule has 1 saturated heterocycles. The summed E-state index contributed by atoms with van der Waals surface area (Å²) in [5, 5.41) is 2.62. The van der Waals surface area contributed by atoms with Gasteiger partial charge >= 0.3 is 6.18 Å². The van der Waals surface area contributed by atoms with Gasteiger partial charge in [-0.2, -0.15) is 18.2 Å². The Hall–Kier alpha value is -4.03. The van der Waals surface area contributed by atoms with E-state index in [2.05, 4.69) is 30.2 Å². The molecule has 204 valence electrons. The number of halogens is 3. The Kier molecular flexibility index (Phi) is 7.23. The van der Waals surface area contributed by atoms with Crippen LogP contribution in [-0.2, 0) is 12.7 Å². The number of ether oxygens (including phenoxy) is 1. The zero-order chi connectivity index (χ0) is 27.7. The minimum atomic E-state index is -4.56. The molecular weight excluding hydrogens is 511 g/mol. The van der Waals surface area contributed by atoms with Crippen LogP contribution in [0.5, 0.6) is 11.6 Å². The van der Waals surface area contributed by atoms with Crippen molar-refractivity contribution in [1.82, 2.24) is 29.7 Å². The van der Waals surface area contributed by atoms with Crippen LogP contribution in [0.15, 0.2) is 42.7 Å². The van der Waals surface area contributed by atoms with Gasteiger partial charge in [-0.05, 0) is 56.3 Å². The maximum Gasteiger partial charge on any atom is 0.416 e. The third-order valence-corrected chi connectivity index (χ3v) is 6.69. The van der Waals surface area contributed by atoms with E-state index >= 15 is 0 Å². The molecule has 2 aromatic heterocycles. The van der Waals surface area contributed by atoms with E-state index in [4.69, 9.17) is 4.74 Å². The number of carbonyl (C=O) groups is 1. The number of nitrogens with zero attached hydrogens (tertiary/aromatic N) is 5. The number of likely N-dealkylation sites (N-methyl/N-ethyl adjacent to an activating group) is 1. The third kappa shape index (κ3) is 6.02. The fourth-order valence-electron chi connectivity index (χ4n) is 4.51. The van der Waals surface area contributed by atoms with E-state index in [1.54, 1.807) is 26.0 Å². The number of aromatic nitrogens is 4. The van der Waals surface area contributed by atoms with E-state index < -0.39 is 17.6 Å². The van der Waals surface area contributed by atoms with Crippen LogP contribution in [0.4, 0.5) is 18.9 Å². The molecule has 0 radical (unpaired) electrons. The summed E-state index contributed by atoms with van der Waals surface area (Å²) >= 11 is 0. The van der Waals surface area contributed by atoms with Gasteiger partial charge in [0.25, 0.3) is 11.8 Å². The number of H-pyrrole nitrogens is 1. The number of fused-ring (bicyclic) bond motifs is 1. The largest absolute Gasteiger partial charge is 0.437 e. The molecule has 1 aliphatic heterocycles. The Morgan fingerprint density at radius 2 is 1.85 bits per heavy atom. The van der Waals surface area contributed by atoms with Crippen LogP contribution in [0.3, 0.4) is 0 Å². The molecule has 0 bridgehead atoms. The molecule has 39 heavy (non-hydrogen) atoms. The van der Waals surface area contributed by atoms with Gasteiger partial charge < -0.3 is 19.9 Å². The molecule has 0 atom stereocenters. The fourth-order valence-corrected chi connectivity index (χ4v) is 4.51. The first-order valence-electron chi connectivity index (χ1n) is 12.5. The molecule has 0 spiro atoms. The average molecular weight is 540 g/mol. The van der Waals surface area contributed by atoms with Crippen LogP contribution in [-0.4, -0.2) is 68.9 Å². The highest BCUT2D eigenvalue weighted by Gasteiger charge is 2.34. The number of carbonyl (C=O) groups excluding carboxylic acids is 1. The van der Waals surface area contributed by atoms with Crippen LogP contribution in [0.2, 0.25) is 0 Å². The summed E-state index contributed by atoms with van der Waals surface area (Å²) in [6, 6.07) is 8.84. The number of benzene rings is 2. The summed E-state index contributed by atoms with van der Waals surface area (Å²) in [4.78, 5) is 32.9. The van der Waals surface area contributed by atoms with E-state index in [9.17, 15) is 18.0 Å². The zero-order valence-corrected chi connectivity index (χ0v) is 21.8. The molecule has 1 amide bonds. The Morgan fingerprint density at radius 1 is 1.08 bits per heavy atom. The Bertz CT molecular complexity index is 1510. The standard InChI is InChI=1S/C27H28F3N7O2/c1-16-4-7-20(39-26-23-24(32-15-31-23)33-17(2)34-26)13-21(16)25(38)35-19-6-5-18(22(12-19)27(28,29)30)14-37-10-8-36(3)9-11-37/h4-7,12-13,15H,8-11,14H2,1-3H3,(H,35,38)(H,31,32,33,34). The van der Waals surface area contributed by atoms with Crippen LogP contribution >= 0.6 is 0 Å². The normalized spacial score (nSPS) is 15.0. The number of anilines is 1. The van der Waals surface area contributed by atoms with Crippen molar-refractivity contribution in [3.05, 3.63) is 70.8 Å². The molecule has 12 heteroatoms. The molecule has 2 N–H and O–H groups in total. The number of rotatable bonds is 6. The number of alkyl halides is 3. The number of aromatic amines is 1. The minimum absolute atomic E-state index is 0.0600. The first-order valence-corrected chi connectivity index (χ1v) is 12.5. The van der Waals surface area contributed by atoms with Gasteiger partial charge in [-0.25, -0.2) is 9.97 Å². The van der Waals surface area contributed by atoms with Gasteiger partial charge in [0.1, 0.15) is 11.6 Å². The van der Waals surface area contributed by atoms with Crippen molar-refractivity contribution in [3.63, 3.8) is 0 Å². The number of nitrogens with one attached hydrogen (secondary N) is 2. The highest BCUT2D eigenvalue weighted by Crippen LogP contribution is 2.35. The molecule has 3 heterocycles. The molecule has 0 unspecified atom stereocenters. The Morgan fingerprint density at radius 3 is 2.59 bits per heavy atom. The van der Waals surface area contributed by atoms with Crippen LogP contribution in [0.1, 0.15) is 32.9 Å². The van der Waals surface area contributed by atoms with Crippen molar-refractivity contribution >= 4 is 22.8 Å². The van der Waals surface area contributed by atoms with Crippen LogP contribution in [0, 0.1) is 13.8 Å². The topological polar surface area (TPSA) is 99.3 Å². The molecule has 0 saturated carbocycles. The SMILES string of the molecule is Cc1nc(Oc2ccc(C)c(C(=O)Nc3ccc(CN4CCN(C)CC4)c(C(F)(F)F)c3)c2)c2nc[nH]c2n1. The minimum Gasteiger partial charge on any atom is -0.437 e. The lowest BCUT2D eigenvalue weighted by Gasteiger charge is -2.33. The summed E-state index contributed by atoms with van der Waals surface area (Å²) in [7, 11) is 1.99. The van der Waals surface area contributed by atoms with Gasteiger partial charge in [0.2, 0.25) is 0 Å². The maximum atomic E-state index is 14.0. The number of aryl methyl sites for hydroxylation is 2. The first-order chi connectivity index (χ1) is 18.6. The second kappa shape index (κ2) is 10.6. The predicted octanol–water partition coefficient (Wildman–Crippen LogP) is 4.78. The molecule has 0 aliphatic carbocycles. The van der Waals surface area contributed by atoms with Crippen LogP contribution in [0.25, 0.3) is 11.2 Å². The van der Waals surface area contributed by atoms with Crippen molar-refractivity contribution in [3.8, 4) is 11.6 Å². The Balaban J connectivity index is 1.36. The average Bonchev–Trinajstić information content (AvgIpc) is 3.35. The predicted molar refractivity (Wildman–Crippen MR) is 140 cm³/mol. The van der Waals surface area contributed by atoms with E-state index in [-0.39, 0.29) is 29.2 Å². The van der Waals surface area contributed by atoms with Crippen molar-refractivity contribution in [1.29, 1.82) is 0 Å². The molecule has 1 aliphatic rings. The molecule has 4 aromatic rings. The lowest BCUT2D eigenvalue weighted by atomic mass is 10.0. The van der Waals surface area contributed by atoms with Crippen molar-refractivity contribution in [2.45, 2.75) is 26.6 Å². The first kappa shape index (κ1) is 26.6. The number of hydrogen-bond acceptors (Lipinski definition) is 7. The van der Waals surface area contributed by atoms with Gasteiger partial charge in [-0.3, -0.25) is 9.69 Å². The number of amides is 1. The summed E-state index contributed by atoms with van der Waals surface area (Å²) in [6.07, 6.45) is -3.08. The van der Waals surface area contributed by atoms with E-state index in [0.29, 0.717) is 41.4 Å². The van der Waals surface area contributed by atoms with Crippen LogP contribution < -0.4 is 10.1 Å². The van der Waals surface area contributed by atoms with Crippen molar-refractivity contribution in [2.24, 2.45) is 0 Å². The number of hydrogen-bond donors (Lipinski definition) is 2. The van der Waals surface area contributed by atoms with Gasteiger partial charge in [-0.1, -0.05) is 12.1 Å². The van der Waals surface area contributed by atoms with Crippen molar-refractivity contribution < 1.29 is 22.7 Å². The van der Waals surface area contributed by atoms with Gasteiger partial charge in [0.05, 0.1) is 11.9 Å². The second-order valence-corrected chi connectivity index (χ2v) is 9.66. The zero-order valence-electron chi connectivity index (χ0n) is 21.8. The third-order valence-electron chi connectivity index (χ3n) is 6.69. The van der Waals surface area contributed by atoms with Gasteiger partial charge in [0.15, 0.2) is 11.2 Å². The second-order valence-electron chi connectivity index (χ2n) is 9.66. The maximum absolute atomic E-state index is 14.0. The smallest absolute Gasteiger partial charge is 0.416 e. The summed E-state index contributed by atoms with van der Waals surface area (Å²) in [5.74, 6) is 0.469. The Labute approximate surface area is 223 Å². The lowest BCUT2D eigenvalue weighted by molar-refractivity contribution is -0.138. The van der Waals surface area contributed by atoms with E-state index in [1.165, 1.54) is 24.5 Å². The molecular formula is C27H28F3N7O2. The highest BCUT2D eigenvalue weighted by molar-refractivity contribution is 6.05. The monoisotopic (exact) mass is 539 g/mol. The molecule has 5 rings (SSSR count). The lowest BCUT2D eigenvalue weighted by Crippen LogP contribution is -2.44. The number of piperazine rings is 1. The fraction of sp³-hybridized carbons (Fsp3) is 0.333. The molecule has 1 fully saturated rings. The van der Waals surface area contributed by atoms with Gasteiger partial charge in [-0.15, -0.1) is 0 Å². The number of imidazole rings is 1. The van der Waals surface area contributed by atoms with E-state index in [1.807, 2.05) is 11.9 Å². The summed E-state index contributed by atoms with van der Waals surface area (Å²) in [6.45, 7) is 6.66. The highest BCUT2D eigenvalue weighted by atomic mass is 19.4. The van der Waals surface area contributed by atoms with Gasteiger partial charge in [0, 0.05) is 44.0 Å².